The molecule has 0 radical (unpaired) electrons. The minimum atomic E-state index is 0.522. The van der Waals surface area contributed by atoms with Gasteiger partial charge in [0.1, 0.15) is 0 Å². The lowest BCUT2D eigenvalue weighted by Gasteiger charge is -2.07. The second-order valence-corrected chi connectivity index (χ2v) is 6.60. The van der Waals surface area contributed by atoms with Crippen LogP contribution in [0, 0.1) is 13.8 Å². The zero-order valence-electron chi connectivity index (χ0n) is 13.2. The average molecular weight is 278 g/mol. The van der Waals surface area contributed by atoms with Crippen LogP contribution < -0.4 is 9.13 Å². The van der Waals surface area contributed by atoms with Crippen molar-refractivity contribution in [1.29, 1.82) is 0 Å². The summed E-state index contributed by atoms with van der Waals surface area (Å²) in [6.45, 7) is 9.10. The molecule has 1 aromatic carbocycles. The number of aryl methyl sites for hydroxylation is 2. The van der Waals surface area contributed by atoms with Crippen molar-refractivity contribution in [1.82, 2.24) is 0 Å². The summed E-state index contributed by atoms with van der Waals surface area (Å²) in [5.41, 5.74) is 5.51. The van der Waals surface area contributed by atoms with Gasteiger partial charge in [0, 0.05) is 12.1 Å². The van der Waals surface area contributed by atoms with Crippen molar-refractivity contribution >= 4 is 21.8 Å². The summed E-state index contributed by atoms with van der Waals surface area (Å²) in [5.74, 6) is 0. The molecule has 0 bridgehead atoms. The van der Waals surface area contributed by atoms with Crippen LogP contribution in [-0.2, 0) is 0 Å². The average Bonchev–Trinajstić information content (AvgIpc) is 2.57. The van der Waals surface area contributed by atoms with Gasteiger partial charge in [0.25, 0.3) is 11.0 Å². The number of hydrogen-bond acceptors (Lipinski definition) is 0. The standard InChI is InChI=1S/C19H22N2/c1-12-7-9-20-14(3)11-15(4)21-10-8-13(2)17-6-5-16(12)18(20)19(17)21/h5-10,14-15H,11H2,1-4H3/q+2. The fourth-order valence-corrected chi connectivity index (χ4v) is 3.91. The molecular formula is C19H22N2+2. The number of rotatable bonds is 0. The number of aromatic nitrogens is 2. The third kappa shape index (κ3) is 1.65. The van der Waals surface area contributed by atoms with Gasteiger partial charge in [-0.25, -0.2) is 0 Å². The van der Waals surface area contributed by atoms with E-state index in [1.807, 2.05) is 0 Å². The molecule has 2 unspecified atom stereocenters. The SMILES string of the molecule is Cc1cc[n+]2c3c1ccc1c(C)cc[n+](c13)C(C)CC2C. The Morgan fingerprint density at radius 3 is 1.62 bits per heavy atom. The molecule has 2 nitrogen and oxygen atoms in total. The Labute approximate surface area is 125 Å². The van der Waals surface area contributed by atoms with Crippen LogP contribution in [-0.4, -0.2) is 0 Å². The van der Waals surface area contributed by atoms with Crippen molar-refractivity contribution in [2.75, 3.05) is 0 Å². The molecular weight excluding hydrogens is 256 g/mol. The van der Waals surface area contributed by atoms with Gasteiger partial charge in [-0.2, -0.15) is 9.13 Å². The maximum absolute atomic E-state index is 2.48. The molecule has 1 aliphatic rings. The maximum Gasteiger partial charge on any atom is 0.285 e. The van der Waals surface area contributed by atoms with Gasteiger partial charge in [0.15, 0.2) is 24.5 Å². The minimum absolute atomic E-state index is 0.522. The molecule has 0 saturated carbocycles. The third-order valence-electron chi connectivity index (χ3n) is 5.12. The van der Waals surface area contributed by atoms with Gasteiger partial charge in [-0.15, -0.1) is 0 Å². The zero-order valence-corrected chi connectivity index (χ0v) is 13.2. The van der Waals surface area contributed by atoms with E-state index in [9.17, 15) is 0 Å². The molecule has 2 atom stereocenters. The highest BCUT2D eigenvalue weighted by molar-refractivity contribution is 6.01. The van der Waals surface area contributed by atoms with E-state index < -0.39 is 0 Å². The topological polar surface area (TPSA) is 7.76 Å². The van der Waals surface area contributed by atoms with Crippen molar-refractivity contribution in [3.63, 3.8) is 0 Å². The Kier molecular flexibility index (Phi) is 2.59. The fraction of sp³-hybridized carbons (Fsp3) is 0.368. The highest BCUT2D eigenvalue weighted by Crippen LogP contribution is 2.29. The molecule has 4 rings (SSSR count). The van der Waals surface area contributed by atoms with Crippen LogP contribution in [0.15, 0.2) is 36.7 Å². The normalized spacial score (nSPS) is 21.1. The number of pyridine rings is 2. The molecule has 0 saturated heterocycles. The Morgan fingerprint density at radius 1 is 0.762 bits per heavy atom. The van der Waals surface area contributed by atoms with E-state index in [0.717, 1.165) is 0 Å². The molecule has 106 valence electrons. The Balaban J connectivity index is 2.34. The molecule has 0 N–H and O–H groups in total. The summed E-state index contributed by atoms with van der Waals surface area (Å²) in [5, 5.41) is 2.76. The third-order valence-corrected chi connectivity index (χ3v) is 5.12. The molecule has 1 aliphatic heterocycles. The van der Waals surface area contributed by atoms with Gasteiger partial charge in [0.2, 0.25) is 0 Å². The highest BCUT2D eigenvalue weighted by Gasteiger charge is 2.34. The number of hydrogen-bond donors (Lipinski definition) is 0. The van der Waals surface area contributed by atoms with Crippen LogP contribution in [0.4, 0.5) is 0 Å². The van der Waals surface area contributed by atoms with Crippen molar-refractivity contribution in [2.24, 2.45) is 0 Å². The molecule has 21 heavy (non-hydrogen) atoms. The molecule has 0 fully saturated rings. The zero-order chi connectivity index (χ0) is 14.7. The second-order valence-electron chi connectivity index (χ2n) is 6.60. The molecule has 0 amide bonds. The van der Waals surface area contributed by atoms with Crippen LogP contribution in [0.5, 0.6) is 0 Å². The summed E-state index contributed by atoms with van der Waals surface area (Å²) >= 11 is 0. The first-order valence-corrected chi connectivity index (χ1v) is 7.86. The molecule has 2 heteroatoms. The lowest BCUT2D eigenvalue weighted by atomic mass is 10.0. The van der Waals surface area contributed by atoms with Gasteiger partial charge in [0.05, 0.1) is 17.2 Å². The van der Waals surface area contributed by atoms with Crippen molar-refractivity contribution < 1.29 is 9.13 Å². The lowest BCUT2D eigenvalue weighted by molar-refractivity contribution is -0.711. The lowest BCUT2D eigenvalue weighted by Crippen LogP contribution is -2.39. The first kappa shape index (κ1) is 12.8. The van der Waals surface area contributed by atoms with Crippen molar-refractivity contribution in [3.8, 4) is 0 Å². The Hall–Kier alpha value is -1.96. The van der Waals surface area contributed by atoms with Gasteiger partial charge in [-0.05, 0) is 51.0 Å². The Morgan fingerprint density at radius 2 is 1.19 bits per heavy atom. The minimum Gasteiger partial charge on any atom is -0.190 e. The molecule has 3 heterocycles. The van der Waals surface area contributed by atoms with E-state index in [0.29, 0.717) is 12.1 Å². The Bertz CT molecular complexity index is 807. The van der Waals surface area contributed by atoms with Gasteiger partial charge in [-0.1, -0.05) is 0 Å². The van der Waals surface area contributed by atoms with Crippen LogP contribution in [0.3, 0.4) is 0 Å². The number of nitrogens with zero attached hydrogens (tertiary/aromatic N) is 2. The quantitative estimate of drug-likeness (QED) is 0.437. The summed E-state index contributed by atoms with van der Waals surface area (Å²) in [4.78, 5) is 0. The number of benzene rings is 1. The van der Waals surface area contributed by atoms with Gasteiger partial charge >= 0.3 is 0 Å². The van der Waals surface area contributed by atoms with E-state index in [1.165, 1.54) is 39.4 Å². The van der Waals surface area contributed by atoms with Crippen LogP contribution in [0.25, 0.3) is 21.8 Å². The van der Waals surface area contributed by atoms with E-state index in [-0.39, 0.29) is 0 Å². The van der Waals surface area contributed by atoms with Crippen LogP contribution in [0.2, 0.25) is 0 Å². The van der Waals surface area contributed by atoms with Crippen LogP contribution in [0.1, 0.15) is 43.5 Å². The smallest absolute Gasteiger partial charge is 0.190 e. The largest absolute Gasteiger partial charge is 0.285 e. The van der Waals surface area contributed by atoms with E-state index >= 15 is 0 Å². The molecule has 0 aliphatic carbocycles. The van der Waals surface area contributed by atoms with Crippen LogP contribution >= 0.6 is 0 Å². The van der Waals surface area contributed by atoms with Gasteiger partial charge < -0.3 is 0 Å². The predicted octanol–water partition coefficient (Wildman–Crippen LogP) is 3.71. The summed E-state index contributed by atoms with van der Waals surface area (Å²) in [7, 11) is 0. The summed E-state index contributed by atoms with van der Waals surface area (Å²) in [6, 6.07) is 10.1. The second kappa shape index (κ2) is 4.27. The molecule has 3 aromatic rings. The van der Waals surface area contributed by atoms with Crippen molar-refractivity contribution in [2.45, 2.75) is 46.2 Å². The van der Waals surface area contributed by atoms with Crippen molar-refractivity contribution in [3.05, 3.63) is 47.8 Å². The van der Waals surface area contributed by atoms with E-state index in [1.54, 1.807) is 0 Å². The fourth-order valence-electron chi connectivity index (χ4n) is 3.91. The van der Waals surface area contributed by atoms with Gasteiger partial charge in [-0.3, -0.25) is 0 Å². The molecule has 0 spiro atoms. The monoisotopic (exact) mass is 278 g/mol. The first-order valence-electron chi connectivity index (χ1n) is 7.86. The first-order chi connectivity index (χ1) is 10.1. The summed E-state index contributed by atoms with van der Waals surface area (Å²) < 4.78 is 4.95. The van der Waals surface area contributed by atoms with E-state index in [2.05, 4.69) is 73.5 Å². The highest BCUT2D eigenvalue weighted by atomic mass is 15.1. The summed E-state index contributed by atoms with van der Waals surface area (Å²) in [6.07, 6.45) is 5.71. The predicted molar refractivity (Wildman–Crippen MR) is 85.4 cm³/mol. The van der Waals surface area contributed by atoms with E-state index in [4.69, 9.17) is 0 Å². The molecule has 2 aromatic heterocycles. The maximum atomic E-state index is 2.48.